The van der Waals surface area contributed by atoms with Crippen LogP contribution in [0, 0.1) is 5.41 Å². The fourth-order valence-electron chi connectivity index (χ4n) is 2.40. The number of ether oxygens (including phenoxy) is 1. The summed E-state index contributed by atoms with van der Waals surface area (Å²) in [6.45, 7) is 6.73. The van der Waals surface area contributed by atoms with E-state index in [0.29, 0.717) is 11.5 Å². The Bertz CT molecular complexity index is 200. The van der Waals surface area contributed by atoms with Gasteiger partial charge in [-0.05, 0) is 43.4 Å². The lowest BCUT2D eigenvalue weighted by Gasteiger charge is -2.27. The molecule has 1 saturated heterocycles. The minimum absolute atomic E-state index is 0.501. The summed E-state index contributed by atoms with van der Waals surface area (Å²) >= 11 is 4.47. The van der Waals surface area contributed by atoms with Crippen LogP contribution in [0.1, 0.15) is 32.6 Å². The predicted octanol–water partition coefficient (Wildman–Crippen LogP) is 2.20. The molecule has 0 aromatic rings. The molecule has 1 aliphatic carbocycles. The van der Waals surface area contributed by atoms with Gasteiger partial charge in [0.2, 0.25) is 0 Å². The molecule has 0 spiro atoms. The molecule has 0 bridgehead atoms. The molecule has 0 aromatic carbocycles. The van der Waals surface area contributed by atoms with Crippen LogP contribution >= 0.6 is 12.6 Å². The smallest absolute Gasteiger partial charge is 0.0702 e. The third-order valence-electron chi connectivity index (χ3n) is 3.78. The van der Waals surface area contributed by atoms with Gasteiger partial charge in [0, 0.05) is 19.7 Å². The number of rotatable bonds is 6. The zero-order valence-corrected chi connectivity index (χ0v) is 10.6. The van der Waals surface area contributed by atoms with E-state index in [9.17, 15) is 0 Å². The lowest BCUT2D eigenvalue weighted by molar-refractivity contribution is 0.0691. The first-order valence-electron chi connectivity index (χ1n) is 6.23. The Morgan fingerprint density at radius 2 is 2.27 bits per heavy atom. The van der Waals surface area contributed by atoms with Crippen molar-refractivity contribution < 1.29 is 4.74 Å². The van der Waals surface area contributed by atoms with Crippen LogP contribution in [0.15, 0.2) is 0 Å². The van der Waals surface area contributed by atoms with Crippen LogP contribution in [0.5, 0.6) is 0 Å². The molecule has 2 rings (SSSR count). The molecule has 1 atom stereocenters. The average molecular weight is 229 g/mol. The van der Waals surface area contributed by atoms with Crippen LogP contribution in [0.4, 0.5) is 0 Å². The minimum Gasteiger partial charge on any atom is -0.377 e. The molecule has 2 fully saturated rings. The fourth-order valence-corrected chi connectivity index (χ4v) is 2.82. The molecule has 15 heavy (non-hydrogen) atoms. The quantitative estimate of drug-likeness (QED) is 0.701. The number of hydrogen-bond donors (Lipinski definition) is 1. The zero-order chi connectivity index (χ0) is 10.7. The van der Waals surface area contributed by atoms with Gasteiger partial charge in [0.1, 0.15) is 0 Å². The van der Waals surface area contributed by atoms with E-state index >= 15 is 0 Å². The second kappa shape index (κ2) is 5.07. The van der Waals surface area contributed by atoms with Gasteiger partial charge in [0.05, 0.1) is 6.10 Å². The molecule has 1 saturated carbocycles. The van der Waals surface area contributed by atoms with Gasteiger partial charge in [-0.25, -0.2) is 0 Å². The predicted molar refractivity (Wildman–Crippen MR) is 66.6 cm³/mol. The number of likely N-dealkylation sites (N-methyl/N-ethyl adjacent to an activating group) is 1. The number of hydrogen-bond acceptors (Lipinski definition) is 3. The molecule has 1 heterocycles. The molecule has 0 N–H and O–H groups in total. The summed E-state index contributed by atoms with van der Waals surface area (Å²) < 4.78 is 5.69. The normalized spacial score (nSPS) is 28.6. The van der Waals surface area contributed by atoms with Crippen molar-refractivity contribution in [1.29, 1.82) is 0 Å². The highest BCUT2D eigenvalue weighted by atomic mass is 32.1. The van der Waals surface area contributed by atoms with Crippen molar-refractivity contribution in [2.75, 3.05) is 32.0 Å². The molecule has 2 nitrogen and oxygen atoms in total. The van der Waals surface area contributed by atoms with E-state index in [1.165, 1.54) is 32.2 Å². The summed E-state index contributed by atoms with van der Waals surface area (Å²) in [6.07, 6.45) is 5.75. The highest BCUT2D eigenvalue weighted by molar-refractivity contribution is 7.80. The van der Waals surface area contributed by atoms with E-state index in [1.54, 1.807) is 0 Å². The van der Waals surface area contributed by atoms with Crippen molar-refractivity contribution >= 4 is 12.6 Å². The summed E-state index contributed by atoms with van der Waals surface area (Å²) in [6, 6.07) is 0. The first-order chi connectivity index (χ1) is 7.28. The van der Waals surface area contributed by atoms with Crippen molar-refractivity contribution in [3.05, 3.63) is 0 Å². The van der Waals surface area contributed by atoms with Gasteiger partial charge < -0.3 is 9.64 Å². The summed E-state index contributed by atoms with van der Waals surface area (Å²) in [5.41, 5.74) is 0.553. The molecule has 88 valence electrons. The van der Waals surface area contributed by atoms with Gasteiger partial charge in [0.25, 0.3) is 0 Å². The summed E-state index contributed by atoms with van der Waals surface area (Å²) in [5.74, 6) is 1.05. The Hall–Kier alpha value is 0.270. The van der Waals surface area contributed by atoms with Gasteiger partial charge in [-0.2, -0.15) is 12.6 Å². The van der Waals surface area contributed by atoms with Gasteiger partial charge in [-0.3, -0.25) is 0 Å². The lowest BCUT2D eigenvalue weighted by atomic mass is 10.1. The Kier molecular flexibility index (Phi) is 3.97. The molecular formula is C12H23NOS. The van der Waals surface area contributed by atoms with Crippen molar-refractivity contribution in [3.63, 3.8) is 0 Å². The van der Waals surface area contributed by atoms with E-state index in [4.69, 9.17) is 4.74 Å². The maximum atomic E-state index is 5.69. The molecule has 0 radical (unpaired) electrons. The van der Waals surface area contributed by atoms with E-state index in [1.807, 2.05) is 0 Å². The molecule has 0 amide bonds. The van der Waals surface area contributed by atoms with E-state index in [-0.39, 0.29) is 0 Å². The monoisotopic (exact) mass is 229 g/mol. The number of nitrogens with zero attached hydrogens (tertiary/aromatic N) is 1. The zero-order valence-electron chi connectivity index (χ0n) is 9.74. The first-order valence-corrected chi connectivity index (χ1v) is 6.86. The molecule has 0 aromatic heterocycles. The third kappa shape index (κ3) is 3.11. The summed E-state index contributed by atoms with van der Waals surface area (Å²) in [4.78, 5) is 2.55. The standard InChI is InChI=1S/C12H23NOS/c1-2-13(8-11-4-3-7-14-11)9-12(10-15)5-6-12/h11,15H,2-10H2,1H3. The van der Waals surface area contributed by atoms with Crippen LogP contribution in [-0.4, -0.2) is 43.0 Å². The van der Waals surface area contributed by atoms with Crippen molar-refractivity contribution in [2.24, 2.45) is 5.41 Å². The van der Waals surface area contributed by atoms with Crippen molar-refractivity contribution in [1.82, 2.24) is 4.90 Å². The van der Waals surface area contributed by atoms with Gasteiger partial charge in [0.15, 0.2) is 0 Å². The van der Waals surface area contributed by atoms with Gasteiger partial charge in [-0.15, -0.1) is 0 Å². The van der Waals surface area contributed by atoms with Crippen LogP contribution in [0.3, 0.4) is 0 Å². The Morgan fingerprint density at radius 3 is 2.73 bits per heavy atom. The maximum absolute atomic E-state index is 5.69. The van der Waals surface area contributed by atoms with Crippen molar-refractivity contribution in [3.8, 4) is 0 Å². The lowest BCUT2D eigenvalue weighted by Crippen LogP contribution is -2.37. The summed E-state index contributed by atoms with van der Waals surface area (Å²) in [5, 5.41) is 0. The second-order valence-electron chi connectivity index (χ2n) is 5.12. The second-order valence-corrected chi connectivity index (χ2v) is 5.44. The Morgan fingerprint density at radius 1 is 1.47 bits per heavy atom. The Balaban J connectivity index is 1.76. The van der Waals surface area contributed by atoms with Crippen molar-refractivity contribution in [2.45, 2.75) is 38.7 Å². The minimum atomic E-state index is 0.501. The number of thiol groups is 1. The SMILES string of the molecule is CCN(CC1CCCO1)CC1(CS)CC1. The largest absolute Gasteiger partial charge is 0.377 e. The van der Waals surface area contributed by atoms with Gasteiger partial charge >= 0.3 is 0 Å². The van der Waals surface area contributed by atoms with E-state index in [0.717, 1.165) is 25.4 Å². The summed E-state index contributed by atoms with van der Waals surface area (Å²) in [7, 11) is 0. The molecule has 1 aliphatic heterocycles. The van der Waals surface area contributed by atoms with Crippen LogP contribution in [0.2, 0.25) is 0 Å². The highest BCUT2D eigenvalue weighted by Gasteiger charge is 2.42. The molecule has 1 unspecified atom stereocenters. The van der Waals surface area contributed by atoms with Crippen LogP contribution in [0.25, 0.3) is 0 Å². The van der Waals surface area contributed by atoms with Crippen LogP contribution < -0.4 is 0 Å². The van der Waals surface area contributed by atoms with Gasteiger partial charge in [-0.1, -0.05) is 6.92 Å². The van der Waals surface area contributed by atoms with E-state index in [2.05, 4.69) is 24.5 Å². The molecular weight excluding hydrogens is 206 g/mol. The van der Waals surface area contributed by atoms with Crippen LogP contribution in [-0.2, 0) is 4.74 Å². The highest BCUT2D eigenvalue weighted by Crippen LogP contribution is 2.47. The molecule has 3 heteroatoms. The Labute approximate surface area is 98.8 Å². The fraction of sp³-hybridized carbons (Fsp3) is 1.00. The van der Waals surface area contributed by atoms with E-state index < -0.39 is 0 Å². The maximum Gasteiger partial charge on any atom is 0.0702 e. The third-order valence-corrected chi connectivity index (χ3v) is 4.46. The first kappa shape index (κ1) is 11.7. The average Bonchev–Trinajstić information content (AvgIpc) is 2.84. The topological polar surface area (TPSA) is 12.5 Å². The molecule has 2 aliphatic rings.